The lowest BCUT2D eigenvalue weighted by Gasteiger charge is -2.38. The zero-order chi connectivity index (χ0) is 23.5. The third kappa shape index (κ3) is 4.47. The van der Waals surface area contributed by atoms with Crippen molar-refractivity contribution in [1.82, 2.24) is 9.80 Å². The lowest BCUT2D eigenvalue weighted by molar-refractivity contribution is 0.102. The summed E-state index contributed by atoms with van der Waals surface area (Å²) in [5.41, 5.74) is 3.02. The van der Waals surface area contributed by atoms with Crippen molar-refractivity contribution in [1.29, 1.82) is 0 Å². The first-order valence-corrected chi connectivity index (χ1v) is 12.1. The summed E-state index contributed by atoms with van der Waals surface area (Å²) in [6.45, 7) is 6.94. The summed E-state index contributed by atoms with van der Waals surface area (Å²) < 4.78 is 6.49. The predicted molar refractivity (Wildman–Crippen MR) is 138 cm³/mol. The van der Waals surface area contributed by atoms with Crippen LogP contribution in [0.2, 0.25) is 5.02 Å². The highest BCUT2D eigenvalue weighted by molar-refractivity contribution is 6.31. The van der Waals surface area contributed by atoms with Crippen LogP contribution in [0.4, 0.5) is 5.69 Å². The van der Waals surface area contributed by atoms with E-state index in [2.05, 4.69) is 28.1 Å². The number of carbonyl (C=O) groups is 1. The second-order valence-electron chi connectivity index (χ2n) is 8.55. The van der Waals surface area contributed by atoms with Gasteiger partial charge in [-0.15, -0.1) is 0 Å². The van der Waals surface area contributed by atoms with Crippen LogP contribution in [0.5, 0.6) is 0 Å². The molecule has 0 saturated carbocycles. The molecule has 1 fully saturated rings. The predicted octanol–water partition coefficient (Wildman–Crippen LogP) is 6.07. The lowest BCUT2D eigenvalue weighted by atomic mass is 9.99. The second-order valence-corrected chi connectivity index (χ2v) is 8.96. The maximum atomic E-state index is 13.2. The van der Waals surface area contributed by atoms with E-state index in [-0.39, 0.29) is 11.9 Å². The normalized spacial score (nSPS) is 15.9. The first kappa shape index (κ1) is 22.7. The van der Waals surface area contributed by atoms with Crippen LogP contribution in [0, 0.1) is 0 Å². The Bertz CT molecular complexity index is 1280. The zero-order valence-corrected chi connectivity index (χ0v) is 20.0. The number of carbonyl (C=O) groups excluding carboxylic acids is 1. The van der Waals surface area contributed by atoms with Crippen molar-refractivity contribution in [2.75, 3.05) is 38.0 Å². The number of nitrogens with one attached hydrogen (secondary N) is 1. The molecule has 2 heterocycles. The summed E-state index contributed by atoms with van der Waals surface area (Å²) >= 11 is 6.73. The fourth-order valence-corrected chi connectivity index (χ4v) is 4.94. The van der Waals surface area contributed by atoms with Crippen LogP contribution in [0.3, 0.4) is 0 Å². The van der Waals surface area contributed by atoms with Gasteiger partial charge in [-0.2, -0.15) is 0 Å². The van der Waals surface area contributed by atoms with Crippen LogP contribution in [0.1, 0.15) is 34.6 Å². The Kier molecular flexibility index (Phi) is 6.68. The van der Waals surface area contributed by atoms with Crippen LogP contribution in [0.15, 0.2) is 83.3 Å². The fraction of sp³-hybridized carbons (Fsp3) is 0.250. The number of fused-ring (bicyclic) bond motifs is 1. The average Bonchev–Trinajstić information content (AvgIpc) is 3.24. The molecule has 1 aliphatic rings. The van der Waals surface area contributed by atoms with Crippen molar-refractivity contribution in [3.63, 3.8) is 0 Å². The fourth-order valence-electron chi connectivity index (χ4n) is 4.70. The Morgan fingerprint density at radius 1 is 0.941 bits per heavy atom. The maximum absolute atomic E-state index is 13.2. The number of anilines is 1. The number of hydrogen-bond donors (Lipinski definition) is 1. The van der Waals surface area contributed by atoms with Gasteiger partial charge in [0.15, 0.2) is 5.76 Å². The average molecular weight is 474 g/mol. The van der Waals surface area contributed by atoms with E-state index in [9.17, 15) is 4.79 Å². The van der Waals surface area contributed by atoms with Crippen LogP contribution in [-0.2, 0) is 0 Å². The highest BCUT2D eigenvalue weighted by Gasteiger charge is 2.33. The lowest BCUT2D eigenvalue weighted by Crippen LogP contribution is -2.47. The van der Waals surface area contributed by atoms with Crippen molar-refractivity contribution in [2.24, 2.45) is 0 Å². The Hall–Kier alpha value is -3.12. The molecule has 5 nitrogen and oxygen atoms in total. The van der Waals surface area contributed by atoms with Gasteiger partial charge in [0.05, 0.1) is 11.7 Å². The molecule has 174 valence electrons. The number of piperazine rings is 1. The molecule has 1 aromatic heterocycles. The highest BCUT2D eigenvalue weighted by atomic mass is 35.5. The minimum Gasteiger partial charge on any atom is -0.457 e. The van der Waals surface area contributed by atoms with Gasteiger partial charge in [0.2, 0.25) is 0 Å². The first-order valence-electron chi connectivity index (χ1n) is 11.7. The molecule has 1 N–H and O–H groups in total. The van der Waals surface area contributed by atoms with E-state index in [0.717, 1.165) is 49.3 Å². The van der Waals surface area contributed by atoms with Gasteiger partial charge >= 0.3 is 0 Å². The molecule has 0 radical (unpaired) electrons. The van der Waals surface area contributed by atoms with Crippen LogP contribution < -0.4 is 5.32 Å². The van der Waals surface area contributed by atoms with Crippen molar-refractivity contribution in [2.45, 2.75) is 13.0 Å². The van der Waals surface area contributed by atoms with E-state index >= 15 is 0 Å². The summed E-state index contributed by atoms with van der Waals surface area (Å²) in [7, 11) is 0. The molecule has 3 aromatic carbocycles. The minimum absolute atomic E-state index is 0.165. The van der Waals surface area contributed by atoms with Crippen molar-refractivity contribution >= 4 is 34.2 Å². The summed E-state index contributed by atoms with van der Waals surface area (Å²) in [5, 5.41) is 4.73. The third-order valence-electron chi connectivity index (χ3n) is 6.56. The molecule has 6 heteroatoms. The number of furan rings is 1. The topological polar surface area (TPSA) is 48.7 Å². The number of likely N-dealkylation sites (N-methyl/N-ethyl adjacent to an activating group) is 1. The minimum atomic E-state index is -0.217. The molecule has 4 aromatic rings. The van der Waals surface area contributed by atoms with Gasteiger partial charge in [-0.3, -0.25) is 9.69 Å². The number of hydrogen-bond acceptors (Lipinski definition) is 4. The number of amides is 1. The van der Waals surface area contributed by atoms with E-state index in [0.29, 0.717) is 22.0 Å². The van der Waals surface area contributed by atoms with E-state index in [1.807, 2.05) is 72.8 Å². The Labute approximate surface area is 204 Å². The molecular weight excluding hydrogens is 446 g/mol. The largest absolute Gasteiger partial charge is 0.457 e. The number of rotatable bonds is 6. The second kappa shape index (κ2) is 10.0. The molecule has 1 unspecified atom stereocenters. The standard InChI is InChI=1S/C28H28ClN3O2/c1-2-31-16-18-32(19-17-31)26(21-12-6-8-14-23(21)29)27-25(22-13-7-9-15-24(22)34-27)30-28(33)20-10-4-3-5-11-20/h3-15,26H,2,16-19H2,1H3,(H,30,33). The Balaban J connectivity index is 1.62. The van der Waals surface area contributed by atoms with Gasteiger partial charge < -0.3 is 14.6 Å². The molecule has 5 rings (SSSR count). The molecular formula is C28H28ClN3O2. The van der Waals surface area contributed by atoms with E-state index in [1.54, 1.807) is 0 Å². The van der Waals surface area contributed by atoms with Crippen molar-refractivity contribution in [3.05, 3.63) is 101 Å². The number of halogens is 1. The van der Waals surface area contributed by atoms with E-state index < -0.39 is 0 Å². The number of nitrogens with zero attached hydrogens (tertiary/aromatic N) is 2. The van der Waals surface area contributed by atoms with E-state index in [4.69, 9.17) is 16.0 Å². The highest BCUT2D eigenvalue weighted by Crippen LogP contribution is 2.42. The van der Waals surface area contributed by atoms with Gasteiger partial charge in [0.1, 0.15) is 5.58 Å². The molecule has 1 aliphatic heterocycles. The van der Waals surface area contributed by atoms with Crippen molar-refractivity contribution < 1.29 is 9.21 Å². The summed E-state index contributed by atoms with van der Waals surface area (Å²) in [6, 6.07) is 24.8. The molecule has 1 amide bonds. The van der Waals surface area contributed by atoms with E-state index in [1.165, 1.54) is 0 Å². The molecule has 0 aliphatic carbocycles. The van der Waals surface area contributed by atoms with Gasteiger partial charge in [0, 0.05) is 42.2 Å². The smallest absolute Gasteiger partial charge is 0.255 e. The molecule has 1 saturated heterocycles. The third-order valence-corrected chi connectivity index (χ3v) is 6.91. The van der Waals surface area contributed by atoms with Gasteiger partial charge in [-0.05, 0) is 42.4 Å². The van der Waals surface area contributed by atoms with Gasteiger partial charge in [-0.25, -0.2) is 0 Å². The Morgan fingerprint density at radius 2 is 1.62 bits per heavy atom. The first-order chi connectivity index (χ1) is 16.7. The quantitative estimate of drug-likeness (QED) is 0.369. The summed E-state index contributed by atoms with van der Waals surface area (Å²) in [4.78, 5) is 18.0. The number of para-hydroxylation sites is 1. The summed E-state index contributed by atoms with van der Waals surface area (Å²) in [6.07, 6.45) is 0. The van der Waals surface area contributed by atoms with Crippen LogP contribution in [0.25, 0.3) is 11.0 Å². The molecule has 34 heavy (non-hydrogen) atoms. The van der Waals surface area contributed by atoms with Gasteiger partial charge in [0.25, 0.3) is 5.91 Å². The molecule has 0 bridgehead atoms. The van der Waals surface area contributed by atoms with Crippen LogP contribution >= 0.6 is 11.6 Å². The Morgan fingerprint density at radius 3 is 2.35 bits per heavy atom. The summed E-state index contributed by atoms with van der Waals surface area (Å²) in [5.74, 6) is 0.547. The van der Waals surface area contributed by atoms with Gasteiger partial charge in [-0.1, -0.05) is 67.1 Å². The van der Waals surface area contributed by atoms with Crippen molar-refractivity contribution in [3.8, 4) is 0 Å². The maximum Gasteiger partial charge on any atom is 0.255 e. The molecule has 0 spiro atoms. The molecule has 1 atom stereocenters. The zero-order valence-electron chi connectivity index (χ0n) is 19.2. The SMILES string of the molecule is CCN1CCN(C(c2ccccc2Cl)c2oc3ccccc3c2NC(=O)c2ccccc2)CC1. The number of benzene rings is 3. The van der Waals surface area contributed by atoms with Crippen LogP contribution in [-0.4, -0.2) is 48.4 Å². The monoisotopic (exact) mass is 473 g/mol.